The fraction of sp³-hybridized carbons (Fsp3) is 0.533. The topological polar surface area (TPSA) is 73.6 Å². The Morgan fingerprint density at radius 1 is 1.35 bits per heavy atom. The summed E-state index contributed by atoms with van der Waals surface area (Å²) in [4.78, 5) is 11.7. The van der Waals surface area contributed by atoms with Gasteiger partial charge in [-0.05, 0) is 39.7 Å². The van der Waals surface area contributed by atoms with E-state index < -0.39 is 11.7 Å². The second-order valence-corrected chi connectivity index (χ2v) is 6.20. The molecule has 3 N–H and O–H groups in total. The molecule has 0 aliphatic heterocycles. The molecule has 5 heteroatoms. The Kier molecular flexibility index (Phi) is 3.65. The molecule has 20 heavy (non-hydrogen) atoms. The van der Waals surface area contributed by atoms with Gasteiger partial charge in [-0.2, -0.15) is 0 Å². The van der Waals surface area contributed by atoms with Crippen LogP contribution in [0.4, 0.5) is 10.5 Å². The lowest BCUT2D eigenvalue weighted by molar-refractivity contribution is 0.0636. The minimum atomic E-state index is -0.524. The van der Waals surface area contributed by atoms with Crippen molar-refractivity contribution in [2.75, 3.05) is 12.4 Å². The van der Waals surface area contributed by atoms with Gasteiger partial charge >= 0.3 is 6.09 Å². The number of amides is 1. The zero-order valence-electron chi connectivity index (χ0n) is 12.4. The number of anilines is 1. The van der Waals surface area contributed by atoms with Crippen LogP contribution in [-0.4, -0.2) is 18.8 Å². The van der Waals surface area contributed by atoms with Gasteiger partial charge < -0.3 is 15.2 Å². The van der Waals surface area contributed by atoms with Crippen LogP contribution in [0.25, 0.3) is 0 Å². The number of carbonyl (C=O) groups is 1. The summed E-state index contributed by atoms with van der Waals surface area (Å²) in [6, 6.07) is 5.49. The Bertz CT molecular complexity index is 516. The molecule has 0 bridgehead atoms. The third-order valence-electron chi connectivity index (χ3n) is 3.17. The number of nitrogens with one attached hydrogen (secondary N) is 1. The highest BCUT2D eigenvalue weighted by Gasteiger charge is 2.42. The first-order valence-electron chi connectivity index (χ1n) is 6.71. The molecule has 0 aromatic heterocycles. The fourth-order valence-corrected chi connectivity index (χ4v) is 2.01. The second-order valence-electron chi connectivity index (χ2n) is 6.20. The lowest BCUT2D eigenvalue weighted by Crippen LogP contribution is -2.27. The molecule has 1 fully saturated rings. The largest absolute Gasteiger partial charge is 0.496 e. The van der Waals surface area contributed by atoms with Crippen molar-refractivity contribution < 1.29 is 14.3 Å². The quantitative estimate of drug-likeness (QED) is 0.891. The monoisotopic (exact) mass is 278 g/mol. The zero-order valence-corrected chi connectivity index (χ0v) is 12.4. The Labute approximate surface area is 119 Å². The fourth-order valence-electron chi connectivity index (χ4n) is 2.01. The highest BCUT2D eigenvalue weighted by Crippen LogP contribution is 2.46. The maximum atomic E-state index is 11.7. The molecule has 0 saturated heterocycles. The number of hydrogen-bond acceptors (Lipinski definition) is 4. The van der Waals surface area contributed by atoms with Gasteiger partial charge in [0, 0.05) is 22.9 Å². The summed E-state index contributed by atoms with van der Waals surface area (Å²) < 4.78 is 10.6. The normalized spacial score (nSPS) is 16.4. The number of ether oxygens (including phenoxy) is 2. The van der Waals surface area contributed by atoms with Gasteiger partial charge in [0.2, 0.25) is 0 Å². The van der Waals surface area contributed by atoms with E-state index in [1.807, 2.05) is 32.9 Å². The van der Waals surface area contributed by atoms with Crippen LogP contribution in [-0.2, 0) is 10.3 Å². The molecule has 1 amide bonds. The van der Waals surface area contributed by atoms with Crippen molar-refractivity contribution in [3.63, 3.8) is 0 Å². The van der Waals surface area contributed by atoms with Crippen molar-refractivity contribution in [2.45, 2.75) is 44.8 Å². The Hall–Kier alpha value is -1.75. The Morgan fingerprint density at radius 2 is 2.00 bits per heavy atom. The number of nitrogens with two attached hydrogens (primary N) is 1. The number of rotatable bonds is 3. The molecule has 1 aliphatic rings. The van der Waals surface area contributed by atoms with Gasteiger partial charge in [0.1, 0.15) is 11.4 Å². The van der Waals surface area contributed by atoms with Crippen molar-refractivity contribution in [1.82, 2.24) is 0 Å². The second kappa shape index (κ2) is 4.98. The Balaban J connectivity index is 2.12. The predicted octanol–water partition coefficient (Wildman–Crippen LogP) is 2.99. The Morgan fingerprint density at radius 3 is 2.50 bits per heavy atom. The van der Waals surface area contributed by atoms with Crippen molar-refractivity contribution in [1.29, 1.82) is 0 Å². The van der Waals surface area contributed by atoms with E-state index in [1.54, 1.807) is 13.2 Å². The van der Waals surface area contributed by atoms with E-state index in [0.29, 0.717) is 11.4 Å². The smallest absolute Gasteiger partial charge is 0.412 e. The maximum Gasteiger partial charge on any atom is 0.412 e. The molecule has 0 heterocycles. The van der Waals surface area contributed by atoms with Crippen molar-refractivity contribution in [3.05, 3.63) is 23.8 Å². The highest BCUT2D eigenvalue weighted by atomic mass is 16.6. The average molecular weight is 278 g/mol. The van der Waals surface area contributed by atoms with Gasteiger partial charge in [-0.1, -0.05) is 6.07 Å². The van der Waals surface area contributed by atoms with Gasteiger partial charge in [0.05, 0.1) is 7.11 Å². The number of carbonyl (C=O) groups excluding carboxylic acids is 1. The number of benzene rings is 1. The summed E-state index contributed by atoms with van der Waals surface area (Å²) in [5, 5.41) is 2.69. The van der Waals surface area contributed by atoms with Crippen LogP contribution < -0.4 is 15.8 Å². The summed E-state index contributed by atoms with van der Waals surface area (Å²) >= 11 is 0. The van der Waals surface area contributed by atoms with Crippen LogP contribution in [0.3, 0.4) is 0 Å². The molecule has 1 aromatic carbocycles. The van der Waals surface area contributed by atoms with E-state index in [2.05, 4.69) is 5.32 Å². The number of methoxy groups -OCH3 is 1. The molecule has 110 valence electrons. The summed E-state index contributed by atoms with van der Waals surface area (Å²) in [7, 11) is 1.60. The first-order chi connectivity index (χ1) is 9.23. The molecule has 1 aliphatic carbocycles. The molecule has 0 spiro atoms. The van der Waals surface area contributed by atoms with Crippen LogP contribution in [0.1, 0.15) is 39.2 Å². The molecule has 0 unspecified atom stereocenters. The molecule has 0 atom stereocenters. The van der Waals surface area contributed by atoms with Crippen LogP contribution in [0, 0.1) is 0 Å². The third-order valence-corrected chi connectivity index (χ3v) is 3.17. The van der Waals surface area contributed by atoms with E-state index in [1.165, 1.54) is 0 Å². The average Bonchev–Trinajstić information content (AvgIpc) is 3.05. The highest BCUT2D eigenvalue weighted by molar-refractivity contribution is 5.85. The van der Waals surface area contributed by atoms with Gasteiger partial charge in [0.25, 0.3) is 0 Å². The lowest BCUT2D eigenvalue weighted by atomic mass is 10.0. The van der Waals surface area contributed by atoms with Crippen molar-refractivity contribution in [3.8, 4) is 5.75 Å². The number of hydrogen-bond donors (Lipinski definition) is 2. The van der Waals surface area contributed by atoms with Crippen molar-refractivity contribution >= 4 is 11.8 Å². The SMILES string of the molecule is COc1cc(NC(=O)OC(C)(C)C)ccc1C1(N)CC1. The summed E-state index contributed by atoms with van der Waals surface area (Å²) in [6.45, 7) is 5.46. The molecular formula is C15H22N2O3. The summed E-state index contributed by atoms with van der Waals surface area (Å²) in [5.41, 5.74) is 7.00. The van der Waals surface area contributed by atoms with Gasteiger partial charge in [-0.25, -0.2) is 4.79 Å². The van der Waals surface area contributed by atoms with E-state index in [0.717, 1.165) is 18.4 Å². The molecule has 1 saturated carbocycles. The molecule has 1 aromatic rings. The van der Waals surface area contributed by atoms with E-state index in [-0.39, 0.29) is 5.54 Å². The minimum absolute atomic E-state index is 0.268. The van der Waals surface area contributed by atoms with E-state index in [9.17, 15) is 4.79 Å². The third kappa shape index (κ3) is 3.42. The molecule has 0 radical (unpaired) electrons. The van der Waals surface area contributed by atoms with Gasteiger partial charge in [-0.3, -0.25) is 5.32 Å². The van der Waals surface area contributed by atoms with Crippen LogP contribution in [0.5, 0.6) is 5.75 Å². The van der Waals surface area contributed by atoms with E-state index >= 15 is 0 Å². The summed E-state index contributed by atoms with van der Waals surface area (Å²) in [6.07, 6.45) is 1.44. The first kappa shape index (κ1) is 14.7. The zero-order chi connectivity index (χ0) is 15.0. The molecule has 2 rings (SSSR count). The van der Waals surface area contributed by atoms with Crippen LogP contribution >= 0.6 is 0 Å². The molecular weight excluding hydrogens is 256 g/mol. The van der Waals surface area contributed by atoms with E-state index in [4.69, 9.17) is 15.2 Å². The van der Waals surface area contributed by atoms with Crippen LogP contribution in [0.15, 0.2) is 18.2 Å². The minimum Gasteiger partial charge on any atom is -0.496 e. The molecule has 5 nitrogen and oxygen atoms in total. The van der Waals surface area contributed by atoms with Gasteiger partial charge in [0.15, 0.2) is 0 Å². The van der Waals surface area contributed by atoms with Gasteiger partial charge in [-0.15, -0.1) is 0 Å². The first-order valence-corrected chi connectivity index (χ1v) is 6.71. The summed E-state index contributed by atoms with van der Waals surface area (Å²) in [5.74, 6) is 0.693. The van der Waals surface area contributed by atoms with Crippen molar-refractivity contribution in [2.24, 2.45) is 5.73 Å². The van der Waals surface area contributed by atoms with Crippen LogP contribution in [0.2, 0.25) is 0 Å². The maximum absolute atomic E-state index is 11.7. The predicted molar refractivity (Wildman–Crippen MR) is 78.0 cm³/mol. The lowest BCUT2D eigenvalue weighted by Gasteiger charge is -2.20. The standard InChI is InChI=1S/C15H22N2O3/c1-14(2,3)20-13(18)17-10-5-6-11(12(9-10)19-4)15(16)7-8-15/h5-6,9H,7-8,16H2,1-4H3,(H,17,18).